The van der Waals surface area contributed by atoms with E-state index in [2.05, 4.69) is 14.9 Å². The zero-order valence-corrected chi connectivity index (χ0v) is 14.3. The summed E-state index contributed by atoms with van der Waals surface area (Å²) in [5.41, 5.74) is 0. The number of rotatable bonds is 3. The van der Waals surface area contributed by atoms with Gasteiger partial charge in [0.15, 0.2) is 0 Å². The van der Waals surface area contributed by atoms with Gasteiger partial charge in [0.1, 0.15) is 5.82 Å². The average Bonchev–Trinajstić information content (AvgIpc) is 3.28. The Bertz CT molecular complexity index is 754. The van der Waals surface area contributed by atoms with Crippen molar-refractivity contribution in [1.29, 1.82) is 0 Å². The van der Waals surface area contributed by atoms with Gasteiger partial charge >= 0.3 is 0 Å². The van der Waals surface area contributed by atoms with Crippen LogP contribution in [0.3, 0.4) is 0 Å². The second kappa shape index (κ2) is 6.05. The lowest BCUT2D eigenvalue weighted by Crippen LogP contribution is -2.44. The second-order valence-corrected chi connectivity index (χ2v) is 7.49. The SMILES string of the molecule is CN1C(=O)CC(C(=O)NC2CCc3nccn3C2)C1c1cccs1. The van der Waals surface area contributed by atoms with Crippen molar-refractivity contribution in [3.05, 3.63) is 40.6 Å². The Balaban J connectivity index is 1.48. The average molecular weight is 344 g/mol. The number of carbonyl (C=O) groups excluding carboxylic acids is 2. The molecule has 2 aliphatic rings. The van der Waals surface area contributed by atoms with Crippen LogP contribution in [0.5, 0.6) is 0 Å². The van der Waals surface area contributed by atoms with E-state index in [1.165, 1.54) is 0 Å². The minimum Gasteiger partial charge on any atom is -0.351 e. The Hall–Kier alpha value is -2.15. The van der Waals surface area contributed by atoms with Crippen molar-refractivity contribution in [1.82, 2.24) is 19.8 Å². The topological polar surface area (TPSA) is 67.2 Å². The van der Waals surface area contributed by atoms with E-state index in [9.17, 15) is 9.59 Å². The molecule has 0 aliphatic carbocycles. The highest BCUT2D eigenvalue weighted by Gasteiger charge is 2.43. The molecule has 0 aromatic carbocycles. The van der Waals surface area contributed by atoms with Crippen LogP contribution in [-0.4, -0.2) is 39.4 Å². The number of imidazole rings is 1. The van der Waals surface area contributed by atoms with Gasteiger partial charge in [0.25, 0.3) is 0 Å². The lowest BCUT2D eigenvalue weighted by Gasteiger charge is -2.28. The maximum absolute atomic E-state index is 12.9. The third kappa shape index (κ3) is 2.62. The van der Waals surface area contributed by atoms with E-state index in [0.29, 0.717) is 0 Å². The molecule has 24 heavy (non-hydrogen) atoms. The highest BCUT2D eigenvalue weighted by molar-refractivity contribution is 7.10. The molecule has 2 aliphatic heterocycles. The largest absolute Gasteiger partial charge is 0.351 e. The molecule has 1 N–H and O–H groups in total. The number of likely N-dealkylation sites (tertiary alicyclic amines) is 1. The van der Waals surface area contributed by atoms with Crippen molar-refractivity contribution in [2.45, 2.75) is 37.9 Å². The number of carbonyl (C=O) groups is 2. The Morgan fingerprint density at radius 3 is 3.12 bits per heavy atom. The molecule has 0 saturated carbocycles. The van der Waals surface area contributed by atoms with Crippen LogP contribution in [0, 0.1) is 5.92 Å². The zero-order valence-electron chi connectivity index (χ0n) is 13.5. The summed E-state index contributed by atoms with van der Waals surface area (Å²) in [6.07, 6.45) is 5.80. The summed E-state index contributed by atoms with van der Waals surface area (Å²) in [4.78, 5) is 32.1. The minimum atomic E-state index is -0.315. The number of aromatic nitrogens is 2. The molecule has 2 aromatic rings. The number of thiophene rings is 1. The first-order valence-corrected chi connectivity index (χ1v) is 9.11. The third-order valence-corrected chi connectivity index (χ3v) is 5.98. The lowest BCUT2D eigenvalue weighted by atomic mass is 9.96. The maximum Gasteiger partial charge on any atom is 0.226 e. The molecule has 1 saturated heterocycles. The molecular formula is C17H20N4O2S. The van der Waals surface area contributed by atoms with E-state index in [-0.39, 0.29) is 36.2 Å². The maximum atomic E-state index is 12.9. The van der Waals surface area contributed by atoms with Gasteiger partial charge in [-0.1, -0.05) is 6.07 Å². The van der Waals surface area contributed by atoms with Crippen LogP contribution in [0.15, 0.2) is 29.9 Å². The van der Waals surface area contributed by atoms with Gasteiger partial charge in [0, 0.05) is 49.7 Å². The van der Waals surface area contributed by atoms with Gasteiger partial charge in [-0.2, -0.15) is 0 Å². The lowest BCUT2D eigenvalue weighted by molar-refractivity contribution is -0.128. The van der Waals surface area contributed by atoms with Crippen molar-refractivity contribution in [2.75, 3.05) is 7.05 Å². The standard InChI is InChI=1S/C17H20N4O2S/c1-20-15(22)9-12(16(20)13-3-2-8-24-13)17(23)19-11-4-5-14-18-6-7-21(14)10-11/h2-3,6-8,11-12,16H,4-5,9-10H2,1H3,(H,19,23). The number of hydrogen-bond acceptors (Lipinski definition) is 4. The fourth-order valence-corrected chi connectivity index (χ4v) is 4.68. The van der Waals surface area contributed by atoms with Crippen LogP contribution in [0.4, 0.5) is 0 Å². The Kier molecular flexibility index (Phi) is 3.88. The molecule has 0 bridgehead atoms. The summed E-state index contributed by atoms with van der Waals surface area (Å²) in [7, 11) is 1.79. The zero-order chi connectivity index (χ0) is 16.7. The summed E-state index contributed by atoms with van der Waals surface area (Å²) in [5, 5.41) is 5.15. The van der Waals surface area contributed by atoms with Crippen LogP contribution in [0.25, 0.3) is 0 Å². The van der Waals surface area contributed by atoms with Gasteiger partial charge in [0.2, 0.25) is 11.8 Å². The van der Waals surface area contributed by atoms with Crippen molar-refractivity contribution >= 4 is 23.2 Å². The molecule has 4 rings (SSSR count). The fourth-order valence-electron chi connectivity index (χ4n) is 3.75. The number of nitrogens with zero attached hydrogens (tertiary/aromatic N) is 3. The van der Waals surface area contributed by atoms with Crippen LogP contribution in [0.2, 0.25) is 0 Å². The molecule has 7 heteroatoms. The van der Waals surface area contributed by atoms with Gasteiger partial charge in [-0.3, -0.25) is 9.59 Å². The van der Waals surface area contributed by atoms with Crippen molar-refractivity contribution in [3.63, 3.8) is 0 Å². The molecule has 1 fully saturated rings. The van der Waals surface area contributed by atoms with E-state index in [1.807, 2.05) is 23.7 Å². The molecule has 2 amide bonds. The third-order valence-electron chi connectivity index (χ3n) is 5.04. The number of nitrogens with one attached hydrogen (secondary N) is 1. The Labute approximate surface area is 144 Å². The second-order valence-electron chi connectivity index (χ2n) is 6.52. The summed E-state index contributed by atoms with van der Waals surface area (Å²) < 4.78 is 2.09. The van der Waals surface area contributed by atoms with Crippen molar-refractivity contribution in [2.24, 2.45) is 5.92 Å². The fraction of sp³-hybridized carbons (Fsp3) is 0.471. The molecule has 126 valence electrons. The van der Waals surface area contributed by atoms with Gasteiger partial charge in [-0.05, 0) is 17.9 Å². The minimum absolute atomic E-state index is 0.0142. The Morgan fingerprint density at radius 2 is 2.33 bits per heavy atom. The number of fused-ring (bicyclic) bond motifs is 1. The molecule has 2 aromatic heterocycles. The van der Waals surface area contributed by atoms with Gasteiger partial charge in [0.05, 0.1) is 12.0 Å². The first-order valence-electron chi connectivity index (χ1n) is 8.23. The number of hydrogen-bond donors (Lipinski definition) is 1. The predicted molar refractivity (Wildman–Crippen MR) is 90.4 cm³/mol. The summed E-state index contributed by atoms with van der Waals surface area (Å²) in [6, 6.07) is 3.92. The first kappa shape index (κ1) is 15.4. The van der Waals surface area contributed by atoms with Gasteiger partial charge in [-0.25, -0.2) is 4.98 Å². The van der Waals surface area contributed by atoms with E-state index < -0.39 is 0 Å². The van der Waals surface area contributed by atoms with Crippen LogP contribution in [-0.2, 0) is 22.6 Å². The molecular weight excluding hydrogens is 324 g/mol. The van der Waals surface area contributed by atoms with E-state index in [1.54, 1.807) is 29.5 Å². The van der Waals surface area contributed by atoms with Crippen LogP contribution >= 0.6 is 11.3 Å². The van der Waals surface area contributed by atoms with E-state index in [0.717, 1.165) is 30.1 Å². The Morgan fingerprint density at radius 1 is 1.46 bits per heavy atom. The van der Waals surface area contributed by atoms with Crippen molar-refractivity contribution < 1.29 is 9.59 Å². The van der Waals surface area contributed by atoms with Gasteiger partial charge in [-0.15, -0.1) is 11.3 Å². The summed E-state index contributed by atoms with van der Waals surface area (Å²) in [6.45, 7) is 0.751. The molecule has 0 radical (unpaired) electrons. The molecule has 4 heterocycles. The quantitative estimate of drug-likeness (QED) is 0.920. The normalized spacial score (nSPS) is 26.5. The first-order chi connectivity index (χ1) is 11.6. The van der Waals surface area contributed by atoms with Gasteiger partial charge < -0.3 is 14.8 Å². The van der Waals surface area contributed by atoms with Crippen LogP contribution < -0.4 is 5.32 Å². The van der Waals surface area contributed by atoms with Crippen LogP contribution in [0.1, 0.15) is 29.6 Å². The highest BCUT2D eigenvalue weighted by Crippen LogP contribution is 2.39. The monoisotopic (exact) mass is 344 g/mol. The summed E-state index contributed by atoms with van der Waals surface area (Å²) >= 11 is 1.60. The summed E-state index contributed by atoms with van der Waals surface area (Å²) in [5.74, 6) is 0.784. The molecule has 6 nitrogen and oxygen atoms in total. The molecule has 3 atom stereocenters. The van der Waals surface area contributed by atoms with E-state index >= 15 is 0 Å². The van der Waals surface area contributed by atoms with E-state index in [4.69, 9.17) is 0 Å². The smallest absolute Gasteiger partial charge is 0.226 e. The number of amides is 2. The highest BCUT2D eigenvalue weighted by atomic mass is 32.1. The van der Waals surface area contributed by atoms with Crippen molar-refractivity contribution in [3.8, 4) is 0 Å². The molecule has 0 spiro atoms. The number of aryl methyl sites for hydroxylation is 1. The predicted octanol–water partition coefficient (Wildman–Crippen LogP) is 1.60. The molecule has 3 unspecified atom stereocenters.